The standard InChI is InChI=1S/C21H24N4O4S2.C21H28N4O3S.C20H20N4O3S.C13H15N3O2S.BrH/c1-2-17-14-30-20(23-17)19(24-21(26)22-13-16-6-4-3-5-7-16)12-15-8-10-18(11-9-15)25-31(27,28)29;1-2-17-14-29-20(23-17)19(12-15-8-10-18(11-9-15)25(27)28)24-21(26)22-13-16-6-4-3-5-7-16;1-2-15-13-28-19(21-15)18(12-14-8-10-17(11-9-14)24(26)27)23-20(25)22-16-6-4-3-5-7-16;1-2-10-8-19-13(15-10)12(14)7-9-3-5-11(6-4-9)16(17)18;/h3-11,14,19,25H,2,12-13H2,1H3,(H2,22,24,26)(H,27,28,29);8-11,14,16,19H,2-7,12-13H2,1H3,(H2,22,24,26);3-11,13,18H,2,12H2,1H3,(H2,22,23,25);3-6,8,12H,2,7,14H2,1H3;1H/t2*19-;18-;12-;/m0000./s1. The topological polar surface area (TPSA) is 397 Å². The van der Waals surface area contributed by atoms with Crippen LogP contribution in [-0.4, -0.2) is 72.3 Å². The molecule has 1 aliphatic carbocycles. The molecule has 0 saturated heterocycles. The van der Waals surface area contributed by atoms with Gasteiger partial charge in [0.1, 0.15) is 20.0 Å². The van der Waals surface area contributed by atoms with E-state index in [1.807, 2.05) is 101 Å². The molecule has 108 heavy (non-hydrogen) atoms. The Morgan fingerprint density at radius 2 is 0.824 bits per heavy atom. The highest BCUT2D eigenvalue weighted by Gasteiger charge is 2.24. The van der Waals surface area contributed by atoms with Crippen molar-refractivity contribution < 1.29 is 42.1 Å². The largest absolute Gasteiger partial charge is 0.357 e. The third-order valence-electron chi connectivity index (χ3n) is 16.9. The molecule has 6 amide bonds. The van der Waals surface area contributed by atoms with Crippen molar-refractivity contribution in [3.8, 4) is 0 Å². The van der Waals surface area contributed by atoms with Crippen LogP contribution in [0.1, 0.15) is 155 Å². The fourth-order valence-corrected chi connectivity index (χ4v) is 15.2. The fraction of sp³-hybridized carbons (Fsp3) is 0.320. The van der Waals surface area contributed by atoms with Crippen LogP contribution in [0.4, 0.5) is 42.8 Å². The van der Waals surface area contributed by atoms with Crippen molar-refractivity contribution in [2.24, 2.45) is 11.7 Å². The number of para-hydroxylation sites is 1. The molecule has 0 bridgehead atoms. The van der Waals surface area contributed by atoms with Crippen molar-refractivity contribution in [1.29, 1.82) is 0 Å². The molecule has 6 aromatic carbocycles. The van der Waals surface area contributed by atoms with E-state index in [4.69, 9.17) is 10.3 Å². The third-order valence-corrected chi connectivity index (χ3v) is 21.4. The Labute approximate surface area is 653 Å². The second kappa shape index (κ2) is 43.7. The molecule has 0 unspecified atom stereocenters. The molecule has 0 aliphatic heterocycles. The Morgan fingerprint density at radius 3 is 1.20 bits per heavy atom. The summed E-state index contributed by atoms with van der Waals surface area (Å²) in [7, 11) is -4.33. The molecular formula is C75H88BrN15O12S5. The van der Waals surface area contributed by atoms with Crippen molar-refractivity contribution in [1.82, 2.24) is 46.5 Å². The van der Waals surface area contributed by atoms with E-state index in [-0.39, 0.29) is 82.0 Å². The highest BCUT2D eigenvalue weighted by Crippen LogP contribution is 2.29. The number of anilines is 2. The van der Waals surface area contributed by atoms with Gasteiger partial charge in [-0.05, 0) is 122 Å². The molecule has 11 rings (SSSR count). The Bertz CT molecular complexity index is 4570. The van der Waals surface area contributed by atoms with Gasteiger partial charge < -0.3 is 37.6 Å². The molecule has 1 aliphatic rings. The van der Waals surface area contributed by atoms with Gasteiger partial charge in [0.2, 0.25) is 0 Å². The molecule has 33 heteroatoms. The maximum absolute atomic E-state index is 12.5. The molecule has 10 aromatic rings. The zero-order valence-corrected chi connectivity index (χ0v) is 65.7. The number of urea groups is 3. The van der Waals surface area contributed by atoms with Crippen LogP contribution < -0.4 is 42.4 Å². The molecule has 4 heterocycles. The SMILES string of the molecule is Br.CCc1csc([C@@H](N)Cc2ccc([N+](=O)[O-])cc2)n1.CCc1csc([C@H](Cc2ccc(NS(=O)(=O)O)cc2)NC(=O)NCc2ccccc2)n1.CCc1csc([C@H](Cc2ccc([N+](=O)[O-])cc2)NC(=O)NCC2CCCCC2)n1.CCc1csc([C@H](Cc2ccc([N+](=O)[O-])cc2)NC(=O)Nc2ccccc2)n1. The number of carbonyl (C=O) groups is 3. The van der Waals surface area contributed by atoms with Crippen LogP contribution in [0.25, 0.3) is 0 Å². The summed E-state index contributed by atoms with van der Waals surface area (Å²) in [5.41, 5.74) is 15.9. The number of amides is 6. The van der Waals surface area contributed by atoms with E-state index in [0.717, 1.165) is 96.3 Å². The second-order valence-corrected chi connectivity index (χ2v) is 29.6. The Balaban J connectivity index is 0.000000202. The van der Waals surface area contributed by atoms with E-state index in [9.17, 15) is 53.1 Å². The van der Waals surface area contributed by atoms with Gasteiger partial charge in [-0.25, -0.2) is 34.3 Å². The van der Waals surface area contributed by atoms with Gasteiger partial charge in [-0.3, -0.25) is 39.6 Å². The lowest BCUT2D eigenvalue weighted by Crippen LogP contribution is -2.41. The molecular weight excluding hydrogens is 1540 g/mol. The summed E-state index contributed by atoms with van der Waals surface area (Å²) in [6, 6.07) is 42.8. The van der Waals surface area contributed by atoms with Crippen molar-refractivity contribution >= 4 is 119 Å². The number of hydrogen-bond donors (Lipinski definition) is 9. The molecule has 0 spiro atoms. The van der Waals surface area contributed by atoms with Crippen LogP contribution >= 0.6 is 62.3 Å². The second-order valence-electron chi connectivity index (χ2n) is 24.9. The minimum absolute atomic E-state index is 0. The van der Waals surface area contributed by atoms with E-state index >= 15 is 0 Å². The minimum atomic E-state index is -4.33. The normalized spacial score (nSPS) is 12.9. The monoisotopic (exact) mass is 1630 g/mol. The van der Waals surface area contributed by atoms with Gasteiger partial charge in [-0.1, -0.05) is 144 Å². The first kappa shape index (κ1) is 85.3. The first-order valence-electron chi connectivity index (χ1n) is 34.8. The first-order valence-corrected chi connectivity index (χ1v) is 39.8. The predicted molar refractivity (Wildman–Crippen MR) is 431 cm³/mol. The van der Waals surface area contributed by atoms with Crippen LogP contribution in [0.3, 0.4) is 0 Å². The Morgan fingerprint density at radius 1 is 0.472 bits per heavy atom. The van der Waals surface area contributed by atoms with Crippen molar-refractivity contribution in [2.45, 2.75) is 142 Å². The number of nitrogens with two attached hydrogens (primary N) is 1. The van der Waals surface area contributed by atoms with E-state index in [2.05, 4.69) is 65.7 Å². The summed E-state index contributed by atoms with van der Waals surface area (Å²) in [6.45, 7) is 9.27. The fourth-order valence-electron chi connectivity index (χ4n) is 11.0. The van der Waals surface area contributed by atoms with Crippen LogP contribution in [0.5, 0.6) is 0 Å². The van der Waals surface area contributed by atoms with Gasteiger partial charge in [-0.15, -0.1) is 62.3 Å². The smallest absolute Gasteiger partial charge is 0.338 e. The maximum atomic E-state index is 12.5. The lowest BCUT2D eigenvalue weighted by molar-refractivity contribution is -0.385. The number of nitrogens with one attached hydrogen (secondary N) is 7. The number of rotatable bonds is 29. The zero-order valence-electron chi connectivity index (χ0n) is 59.9. The van der Waals surface area contributed by atoms with Gasteiger partial charge >= 0.3 is 28.4 Å². The van der Waals surface area contributed by atoms with Gasteiger partial charge in [0.05, 0.1) is 67.4 Å². The average molecular weight is 1630 g/mol. The van der Waals surface area contributed by atoms with Crippen LogP contribution in [0, 0.1) is 36.3 Å². The summed E-state index contributed by atoms with van der Waals surface area (Å²) in [5.74, 6) is 0.564. The van der Waals surface area contributed by atoms with Crippen molar-refractivity contribution in [3.63, 3.8) is 0 Å². The summed E-state index contributed by atoms with van der Waals surface area (Å²) >= 11 is 6.09. The molecule has 0 radical (unpaired) electrons. The quantitative estimate of drug-likeness (QED) is 0.0119. The first-order chi connectivity index (χ1) is 51.5. The minimum Gasteiger partial charge on any atom is -0.338 e. The van der Waals surface area contributed by atoms with Crippen LogP contribution in [-0.2, 0) is 68.2 Å². The number of carbonyl (C=O) groups excluding carboxylic acids is 3. The van der Waals surface area contributed by atoms with E-state index in [0.29, 0.717) is 50.4 Å². The molecule has 1 fully saturated rings. The number of hydrogen-bond acceptors (Lipinski definition) is 20. The summed E-state index contributed by atoms with van der Waals surface area (Å²) in [4.78, 5) is 86.9. The molecule has 10 N–H and O–H groups in total. The maximum Gasteiger partial charge on any atom is 0.357 e. The van der Waals surface area contributed by atoms with Crippen LogP contribution in [0.2, 0.25) is 0 Å². The van der Waals surface area contributed by atoms with E-state index < -0.39 is 25.1 Å². The van der Waals surface area contributed by atoms with E-state index in [1.54, 1.807) is 72.0 Å². The molecule has 1 saturated carbocycles. The van der Waals surface area contributed by atoms with E-state index in [1.165, 1.54) is 103 Å². The lowest BCUT2D eigenvalue weighted by atomic mass is 9.89. The number of nitro groups is 3. The number of non-ortho nitro benzene ring substituents is 3. The Hall–Kier alpha value is -10.0. The molecule has 4 atom stereocenters. The number of nitrogens with zero attached hydrogens (tertiary/aromatic N) is 7. The lowest BCUT2D eigenvalue weighted by Gasteiger charge is -2.23. The predicted octanol–water partition coefficient (Wildman–Crippen LogP) is 16.6. The highest BCUT2D eigenvalue weighted by molar-refractivity contribution is 8.93. The zero-order chi connectivity index (χ0) is 76.7. The number of aryl methyl sites for hydroxylation is 4. The number of thiazole rings is 4. The number of halogens is 1. The van der Waals surface area contributed by atoms with Gasteiger partial charge in [-0.2, -0.15) is 8.42 Å². The summed E-state index contributed by atoms with van der Waals surface area (Å²) in [5, 5.41) is 61.4. The number of nitro benzene ring substituents is 3. The third kappa shape index (κ3) is 28.9. The van der Waals surface area contributed by atoms with Crippen LogP contribution in [0.15, 0.2) is 179 Å². The summed E-state index contributed by atoms with van der Waals surface area (Å²) in [6.07, 6.45) is 11.6. The average Bonchev–Trinajstić information content (AvgIpc) is 1.57. The van der Waals surface area contributed by atoms with Gasteiger partial charge in [0, 0.05) is 76.7 Å². The number of benzene rings is 6. The molecule has 572 valence electrons. The van der Waals surface area contributed by atoms with Gasteiger partial charge in [0.15, 0.2) is 0 Å². The van der Waals surface area contributed by atoms with Gasteiger partial charge in [0.25, 0.3) is 17.1 Å². The van der Waals surface area contributed by atoms with Crippen molar-refractivity contribution in [3.05, 3.63) is 280 Å². The summed E-state index contributed by atoms with van der Waals surface area (Å²) < 4.78 is 32.8. The molecule has 4 aromatic heterocycles. The van der Waals surface area contributed by atoms with Crippen molar-refractivity contribution in [2.75, 3.05) is 16.6 Å². The highest BCUT2D eigenvalue weighted by atomic mass is 79.9. The Kier molecular flexibility index (Phi) is 34.5. The molecule has 27 nitrogen and oxygen atoms in total. The number of aromatic nitrogens is 4.